The number of rotatable bonds is 8. The normalized spacial score (nSPS) is 15.2. The first kappa shape index (κ1) is 22.2. The lowest BCUT2D eigenvalue weighted by Crippen LogP contribution is -2.46. The lowest BCUT2D eigenvalue weighted by Gasteiger charge is -2.36. The molecule has 1 aliphatic heterocycles. The highest BCUT2D eigenvalue weighted by atomic mass is 19.4. The number of aryl methyl sites for hydroxylation is 1. The van der Waals surface area contributed by atoms with E-state index in [-0.39, 0.29) is 6.54 Å². The number of para-hydroxylation sites is 1. The largest absolute Gasteiger partial charge is 0.471 e. The van der Waals surface area contributed by atoms with Crippen LogP contribution >= 0.6 is 0 Å². The number of nitrogens with zero attached hydrogens (tertiary/aromatic N) is 2. The Morgan fingerprint density at radius 3 is 2.13 bits per heavy atom. The molecule has 1 fully saturated rings. The van der Waals surface area contributed by atoms with Gasteiger partial charge in [-0.25, -0.2) is 0 Å². The average molecular weight is 419 g/mol. The molecule has 4 nitrogen and oxygen atoms in total. The number of piperazine rings is 1. The second kappa shape index (κ2) is 10.5. The predicted octanol–water partition coefficient (Wildman–Crippen LogP) is 4.01. The maximum absolute atomic E-state index is 12.2. The maximum Gasteiger partial charge on any atom is 0.471 e. The Morgan fingerprint density at radius 2 is 1.50 bits per heavy atom. The number of unbranched alkanes of at least 4 members (excludes halogenated alkanes) is 1. The average Bonchev–Trinajstić information content (AvgIpc) is 2.76. The first-order chi connectivity index (χ1) is 14.4. The molecular formula is C23H28F3N3O. The van der Waals surface area contributed by atoms with Gasteiger partial charge in [-0.15, -0.1) is 0 Å². The number of alkyl halides is 3. The summed E-state index contributed by atoms with van der Waals surface area (Å²) in [4.78, 5) is 15.8. The fourth-order valence-electron chi connectivity index (χ4n) is 3.64. The molecule has 162 valence electrons. The van der Waals surface area contributed by atoms with E-state index in [0.717, 1.165) is 57.5 Å². The van der Waals surface area contributed by atoms with Crippen molar-refractivity contribution in [1.82, 2.24) is 10.2 Å². The van der Waals surface area contributed by atoms with Gasteiger partial charge in [0.25, 0.3) is 0 Å². The van der Waals surface area contributed by atoms with Crippen LogP contribution in [0.3, 0.4) is 0 Å². The number of benzene rings is 2. The van der Waals surface area contributed by atoms with Crippen LogP contribution in [0.4, 0.5) is 18.9 Å². The summed E-state index contributed by atoms with van der Waals surface area (Å²) in [5.74, 6) is -1.91. The number of amides is 1. The predicted molar refractivity (Wildman–Crippen MR) is 112 cm³/mol. The highest BCUT2D eigenvalue weighted by Gasteiger charge is 2.38. The van der Waals surface area contributed by atoms with E-state index < -0.39 is 12.1 Å². The quantitative estimate of drug-likeness (QED) is 0.657. The third kappa shape index (κ3) is 6.76. The topological polar surface area (TPSA) is 35.6 Å². The second-order valence-electron chi connectivity index (χ2n) is 7.62. The molecule has 1 heterocycles. The van der Waals surface area contributed by atoms with Crippen molar-refractivity contribution in [2.24, 2.45) is 0 Å². The molecule has 0 spiro atoms. The number of hydrogen-bond donors (Lipinski definition) is 1. The third-order valence-corrected chi connectivity index (χ3v) is 5.42. The summed E-state index contributed by atoms with van der Waals surface area (Å²) in [7, 11) is 0. The van der Waals surface area contributed by atoms with Crippen LogP contribution in [0.2, 0.25) is 0 Å². The number of hydrogen-bond acceptors (Lipinski definition) is 3. The van der Waals surface area contributed by atoms with Crippen molar-refractivity contribution in [3.63, 3.8) is 0 Å². The van der Waals surface area contributed by atoms with Gasteiger partial charge in [0.1, 0.15) is 0 Å². The molecule has 0 saturated carbocycles. The Kier molecular flexibility index (Phi) is 7.74. The van der Waals surface area contributed by atoms with Crippen LogP contribution in [-0.4, -0.2) is 49.7 Å². The SMILES string of the molecule is O=C(NCc1ccc(CCCCN2CCN(c3ccccc3)CC2)cc1)C(F)(F)F. The van der Waals surface area contributed by atoms with Gasteiger partial charge in [-0.05, 0) is 49.1 Å². The molecular weight excluding hydrogens is 391 g/mol. The highest BCUT2D eigenvalue weighted by molar-refractivity contribution is 5.81. The molecule has 1 aliphatic rings. The summed E-state index contributed by atoms with van der Waals surface area (Å²) in [5.41, 5.74) is 3.11. The van der Waals surface area contributed by atoms with Crippen LogP contribution < -0.4 is 10.2 Å². The number of carbonyl (C=O) groups excluding carboxylic acids is 1. The smallest absolute Gasteiger partial charge is 0.369 e. The van der Waals surface area contributed by atoms with Gasteiger partial charge in [-0.1, -0.05) is 42.5 Å². The van der Waals surface area contributed by atoms with Gasteiger partial charge in [0.2, 0.25) is 0 Å². The van der Waals surface area contributed by atoms with Gasteiger partial charge in [-0.3, -0.25) is 9.69 Å². The molecule has 30 heavy (non-hydrogen) atoms. The standard InChI is InChI=1S/C23H28F3N3O/c24-23(25,26)22(30)27-18-20-11-9-19(10-12-20)6-4-5-13-28-14-16-29(17-15-28)21-7-2-1-3-8-21/h1-3,7-12H,4-6,13-18H2,(H,27,30). The Labute approximate surface area is 175 Å². The van der Waals surface area contributed by atoms with Crippen LogP contribution in [0.5, 0.6) is 0 Å². The number of anilines is 1. The fourth-order valence-corrected chi connectivity index (χ4v) is 3.64. The Hall–Kier alpha value is -2.54. The third-order valence-electron chi connectivity index (χ3n) is 5.42. The summed E-state index contributed by atoms with van der Waals surface area (Å²) < 4.78 is 36.6. The molecule has 0 aromatic heterocycles. The Bertz CT molecular complexity index is 786. The molecule has 1 saturated heterocycles. The van der Waals surface area contributed by atoms with E-state index in [0.29, 0.717) is 5.56 Å². The van der Waals surface area contributed by atoms with Gasteiger partial charge in [-0.2, -0.15) is 13.2 Å². The molecule has 2 aromatic rings. The molecule has 2 aromatic carbocycles. The Balaban J connectivity index is 1.31. The monoisotopic (exact) mass is 419 g/mol. The summed E-state index contributed by atoms with van der Waals surface area (Å²) in [6.45, 7) is 5.23. The zero-order valence-corrected chi connectivity index (χ0v) is 17.0. The van der Waals surface area contributed by atoms with Crippen LogP contribution in [0.15, 0.2) is 54.6 Å². The maximum atomic E-state index is 12.2. The molecule has 0 radical (unpaired) electrons. The van der Waals surface area contributed by atoms with Crippen LogP contribution in [0, 0.1) is 0 Å². The van der Waals surface area contributed by atoms with E-state index in [1.165, 1.54) is 5.69 Å². The minimum atomic E-state index is -4.84. The first-order valence-electron chi connectivity index (χ1n) is 10.4. The fraction of sp³-hybridized carbons (Fsp3) is 0.435. The van der Waals surface area contributed by atoms with Gasteiger partial charge in [0.15, 0.2) is 0 Å². The van der Waals surface area contributed by atoms with E-state index in [9.17, 15) is 18.0 Å². The van der Waals surface area contributed by atoms with Crippen molar-refractivity contribution in [2.45, 2.75) is 32.0 Å². The zero-order chi connectivity index (χ0) is 21.4. The molecule has 7 heteroatoms. The van der Waals surface area contributed by atoms with Crippen LogP contribution in [0.1, 0.15) is 24.0 Å². The number of carbonyl (C=O) groups is 1. The molecule has 1 N–H and O–H groups in total. The lowest BCUT2D eigenvalue weighted by atomic mass is 10.1. The van der Waals surface area contributed by atoms with Gasteiger partial charge >= 0.3 is 12.1 Å². The van der Waals surface area contributed by atoms with Crippen LogP contribution in [0.25, 0.3) is 0 Å². The molecule has 0 unspecified atom stereocenters. The second-order valence-corrected chi connectivity index (χ2v) is 7.62. The Morgan fingerprint density at radius 1 is 0.867 bits per heavy atom. The van der Waals surface area contributed by atoms with Crippen molar-refractivity contribution in [3.05, 3.63) is 65.7 Å². The van der Waals surface area contributed by atoms with Gasteiger partial charge in [0.05, 0.1) is 0 Å². The van der Waals surface area contributed by atoms with E-state index in [1.54, 1.807) is 12.1 Å². The summed E-state index contributed by atoms with van der Waals surface area (Å²) in [5, 5.41) is 1.89. The minimum absolute atomic E-state index is 0.117. The number of nitrogens with one attached hydrogen (secondary N) is 1. The summed E-state index contributed by atoms with van der Waals surface area (Å²) in [6.07, 6.45) is -1.70. The zero-order valence-electron chi connectivity index (χ0n) is 17.0. The highest BCUT2D eigenvalue weighted by Crippen LogP contribution is 2.17. The summed E-state index contributed by atoms with van der Waals surface area (Å²) in [6, 6.07) is 17.9. The van der Waals surface area contributed by atoms with Crippen molar-refractivity contribution in [1.29, 1.82) is 0 Å². The van der Waals surface area contributed by atoms with Gasteiger partial charge in [0, 0.05) is 38.4 Å². The van der Waals surface area contributed by atoms with E-state index in [4.69, 9.17) is 0 Å². The first-order valence-corrected chi connectivity index (χ1v) is 10.4. The van der Waals surface area contributed by atoms with Crippen LogP contribution in [-0.2, 0) is 17.8 Å². The van der Waals surface area contributed by atoms with Crippen molar-refractivity contribution in [2.75, 3.05) is 37.6 Å². The summed E-state index contributed by atoms with van der Waals surface area (Å²) >= 11 is 0. The van der Waals surface area contributed by atoms with E-state index in [1.807, 2.05) is 23.5 Å². The lowest BCUT2D eigenvalue weighted by molar-refractivity contribution is -0.173. The molecule has 0 aliphatic carbocycles. The molecule has 0 atom stereocenters. The van der Waals surface area contributed by atoms with E-state index >= 15 is 0 Å². The van der Waals surface area contributed by atoms with Crippen molar-refractivity contribution >= 4 is 11.6 Å². The van der Waals surface area contributed by atoms with E-state index in [2.05, 4.69) is 34.1 Å². The van der Waals surface area contributed by atoms with Gasteiger partial charge < -0.3 is 10.2 Å². The number of halogens is 3. The van der Waals surface area contributed by atoms with Crippen molar-refractivity contribution in [3.8, 4) is 0 Å². The minimum Gasteiger partial charge on any atom is -0.369 e. The molecule has 3 rings (SSSR count). The molecule has 1 amide bonds. The molecule has 0 bridgehead atoms. The van der Waals surface area contributed by atoms with Crippen molar-refractivity contribution < 1.29 is 18.0 Å².